The summed E-state index contributed by atoms with van der Waals surface area (Å²) >= 11 is 0. The number of nitrogens with zero attached hydrogens (tertiary/aromatic N) is 5. The maximum atomic E-state index is 5.25. The van der Waals surface area contributed by atoms with E-state index in [-0.39, 0.29) is 0 Å². The number of H-pyrrole nitrogens is 1. The maximum absolute atomic E-state index is 5.25. The predicted octanol–water partition coefficient (Wildman–Crippen LogP) is 4.47. The second-order valence-electron chi connectivity index (χ2n) is 9.65. The van der Waals surface area contributed by atoms with Gasteiger partial charge in [0.25, 0.3) is 0 Å². The van der Waals surface area contributed by atoms with Gasteiger partial charge in [0.05, 0.1) is 11.7 Å². The number of anilines is 1. The second-order valence-corrected chi connectivity index (χ2v) is 9.65. The Hall–Kier alpha value is -3.84. The van der Waals surface area contributed by atoms with Gasteiger partial charge in [-0.2, -0.15) is 0 Å². The fraction of sp³-hybridized carbons (Fsp3) is 0.286. The molecule has 0 radical (unpaired) electrons. The summed E-state index contributed by atoms with van der Waals surface area (Å²) in [5.41, 5.74) is 5.42. The van der Waals surface area contributed by atoms with Crippen LogP contribution in [0.25, 0.3) is 33.3 Å². The third kappa shape index (κ3) is 3.82. The van der Waals surface area contributed by atoms with E-state index in [0.29, 0.717) is 12.0 Å². The van der Waals surface area contributed by atoms with Crippen LogP contribution in [0.5, 0.6) is 0 Å². The Morgan fingerprint density at radius 3 is 2.80 bits per heavy atom. The van der Waals surface area contributed by atoms with Crippen LogP contribution in [0.15, 0.2) is 67.3 Å². The molecule has 0 bridgehead atoms. The van der Waals surface area contributed by atoms with E-state index in [9.17, 15) is 0 Å². The minimum absolute atomic E-state index is 0.364. The van der Waals surface area contributed by atoms with Crippen molar-refractivity contribution < 1.29 is 0 Å². The summed E-state index contributed by atoms with van der Waals surface area (Å²) in [6, 6.07) is 15.1. The van der Waals surface area contributed by atoms with Gasteiger partial charge in [-0.3, -0.25) is 4.98 Å². The van der Waals surface area contributed by atoms with Gasteiger partial charge in [0.15, 0.2) is 5.82 Å². The fourth-order valence-corrected chi connectivity index (χ4v) is 5.35. The average Bonchev–Trinajstić information content (AvgIpc) is 3.64. The van der Waals surface area contributed by atoms with Crippen LogP contribution in [0.3, 0.4) is 0 Å². The molecule has 1 saturated heterocycles. The van der Waals surface area contributed by atoms with Crippen LogP contribution in [0, 0.1) is 0 Å². The Labute approximate surface area is 203 Å². The Morgan fingerprint density at radius 2 is 1.91 bits per heavy atom. The summed E-state index contributed by atoms with van der Waals surface area (Å²) in [4.78, 5) is 25.0. The monoisotopic (exact) mass is 461 g/mol. The summed E-state index contributed by atoms with van der Waals surface area (Å²) in [7, 11) is 0. The largest absolute Gasteiger partial charge is 0.353 e. The smallest absolute Gasteiger partial charge is 0.163 e. The molecule has 0 amide bonds. The zero-order valence-electron chi connectivity index (χ0n) is 19.5. The van der Waals surface area contributed by atoms with Gasteiger partial charge >= 0.3 is 0 Å². The second kappa shape index (κ2) is 8.43. The Bertz CT molecular complexity index is 1510. The molecule has 1 atom stereocenters. The number of piperazine rings is 1. The van der Waals surface area contributed by atoms with E-state index in [1.165, 1.54) is 29.4 Å². The van der Waals surface area contributed by atoms with Crippen LogP contribution in [-0.4, -0.2) is 50.6 Å². The number of aromatic amines is 1. The van der Waals surface area contributed by atoms with Crippen LogP contribution in [0.2, 0.25) is 0 Å². The highest BCUT2D eigenvalue weighted by molar-refractivity contribution is 5.97. The highest BCUT2D eigenvalue weighted by Crippen LogP contribution is 2.45. The van der Waals surface area contributed by atoms with E-state index in [4.69, 9.17) is 9.97 Å². The topological polar surface area (TPSA) is 82.6 Å². The van der Waals surface area contributed by atoms with E-state index in [0.717, 1.165) is 59.8 Å². The highest BCUT2D eigenvalue weighted by Gasteiger charge is 2.30. The molecule has 7 rings (SSSR count). The standard InChI is InChI=1S/C28H27N7/c1-2-4-18(5-3-1)14-20-17-35(13-12-30-20)28-25-23(19-6-7-19)15-29-16-24(25)33-27(34-28)22-9-11-32-26-21(22)8-10-31-26/h1-5,8-11,15-16,19-20,30H,6-7,12-14,17H2,(H,31,32)/t20-/m0/s1. The average molecular weight is 462 g/mol. The van der Waals surface area contributed by atoms with Gasteiger partial charge in [0.1, 0.15) is 11.5 Å². The SMILES string of the molecule is c1ccc(C[C@H]2CN(c3nc(-c4ccnc5[nH]ccc45)nc4cncc(C5CC5)c34)CCN2)cc1. The molecule has 5 aromatic rings. The van der Waals surface area contributed by atoms with E-state index >= 15 is 0 Å². The summed E-state index contributed by atoms with van der Waals surface area (Å²) in [6.45, 7) is 2.75. The Balaban J connectivity index is 1.35. The first-order valence-corrected chi connectivity index (χ1v) is 12.4. The first kappa shape index (κ1) is 20.5. The van der Waals surface area contributed by atoms with Crippen molar-refractivity contribution in [3.8, 4) is 11.4 Å². The lowest BCUT2D eigenvalue weighted by Gasteiger charge is -2.35. The molecule has 0 spiro atoms. The van der Waals surface area contributed by atoms with Crippen molar-refractivity contribution in [1.29, 1.82) is 0 Å². The lowest BCUT2D eigenvalue weighted by molar-refractivity contribution is 0.453. The zero-order chi connectivity index (χ0) is 23.2. The number of pyridine rings is 2. The number of benzene rings is 1. The molecule has 174 valence electrons. The zero-order valence-corrected chi connectivity index (χ0v) is 19.5. The van der Waals surface area contributed by atoms with Crippen molar-refractivity contribution >= 4 is 27.8 Å². The first-order valence-electron chi connectivity index (χ1n) is 12.4. The Kier molecular flexibility index (Phi) is 4.94. The minimum atomic E-state index is 0.364. The molecule has 7 heteroatoms. The molecule has 2 aliphatic rings. The lowest BCUT2D eigenvalue weighted by atomic mass is 10.0. The number of rotatable bonds is 5. The fourth-order valence-electron chi connectivity index (χ4n) is 5.35. The number of hydrogen-bond acceptors (Lipinski definition) is 6. The summed E-state index contributed by atoms with van der Waals surface area (Å²) < 4.78 is 0. The van der Waals surface area contributed by atoms with Gasteiger partial charge in [-0.15, -0.1) is 0 Å². The molecule has 7 nitrogen and oxygen atoms in total. The summed E-state index contributed by atoms with van der Waals surface area (Å²) in [5, 5.41) is 5.93. The molecule has 1 aliphatic carbocycles. The molecule has 35 heavy (non-hydrogen) atoms. The van der Waals surface area contributed by atoms with Crippen LogP contribution in [0.1, 0.15) is 29.9 Å². The van der Waals surface area contributed by atoms with Crippen molar-refractivity contribution in [1.82, 2.24) is 30.2 Å². The molecule has 0 unspecified atom stereocenters. The van der Waals surface area contributed by atoms with Gasteiger partial charge in [0.2, 0.25) is 0 Å². The van der Waals surface area contributed by atoms with E-state index in [1.807, 2.05) is 36.9 Å². The van der Waals surface area contributed by atoms with E-state index in [1.54, 1.807) is 0 Å². The molecular weight excluding hydrogens is 434 g/mol. The molecule has 2 fully saturated rings. The van der Waals surface area contributed by atoms with Crippen molar-refractivity contribution in [2.45, 2.75) is 31.2 Å². The molecule has 1 aromatic carbocycles. The number of nitrogens with one attached hydrogen (secondary N) is 2. The molecule has 2 N–H and O–H groups in total. The normalized spacial score (nSPS) is 18.4. The van der Waals surface area contributed by atoms with Crippen molar-refractivity contribution in [2.75, 3.05) is 24.5 Å². The van der Waals surface area contributed by atoms with Gasteiger partial charge in [-0.1, -0.05) is 30.3 Å². The Morgan fingerprint density at radius 1 is 1.00 bits per heavy atom. The van der Waals surface area contributed by atoms with Gasteiger partial charge in [-0.25, -0.2) is 15.0 Å². The third-order valence-electron chi connectivity index (χ3n) is 7.22. The van der Waals surface area contributed by atoms with Crippen molar-refractivity contribution in [2.24, 2.45) is 0 Å². The van der Waals surface area contributed by atoms with Crippen LogP contribution < -0.4 is 10.2 Å². The highest BCUT2D eigenvalue weighted by atomic mass is 15.3. The molecule has 1 saturated carbocycles. The molecule has 4 aromatic heterocycles. The first-order chi connectivity index (χ1) is 17.3. The van der Waals surface area contributed by atoms with Gasteiger partial charge in [-0.05, 0) is 48.4 Å². The van der Waals surface area contributed by atoms with E-state index < -0.39 is 0 Å². The summed E-state index contributed by atoms with van der Waals surface area (Å²) in [5.74, 6) is 2.33. The van der Waals surface area contributed by atoms with Crippen molar-refractivity contribution in [3.63, 3.8) is 0 Å². The van der Waals surface area contributed by atoms with Crippen molar-refractivity contribution in [3.05, 3.63) is 78.4 Å². The van der Waals surface area contributed by atoms with Gasteiger partial charge in [0, 0.05) is 60.6 Å². The lowest BCUT2D eigenvalue weighted by Crippen LogP contribution is -2.52. The van der Waals surface area contributed by atoms with Gasteiger partial charge < -0.3 is 15.2 Å². The van der Waals surface area contributed by atoms with Crippen LogP contribution in [0.4, 0.5) is 5.82 Å². The number of hydrogen-bond donors (Lipinski definition) is 2. The maximum Gasteiger partial charge on any atom is 0.163 e. The number of fused-ring (bicyclic) bond motifs is 2. The minimum Gasteiger partial charge on any atom is -0.353 e. The molecule has 1 aliphatic heterocycles. The summed E-state index contributed by atoms with van der Waals surface area (Å²) in [6.07, 6.45) is 11.1. The quantitative estimate of drug-likeness (QED) is 0.402. The number of aromatic nitrogens is 5. The van der Waals surface area contributed by atoms with Crippen LogP contribution >= 0.6 is 0 Å². The predicted molar refractivity (Wildman–Crippen MR) is 139 cm³/mol. The van der Waals surface area contributed by atoms with Crippen LogP contribution in [-0.2, 0) is 6.42 Å². The molecular formula is C28H27N7. The van der Waals surface area contributed by atoms with E-state index in [2.05, 4.69) is 55.5 Å². The third-order valence-corrected chi connectivity index (χ3v) is 7.22. The molecule has 5 heterocycles.